The fraction of sp³-hybridized carbons (Fsp3) is 0.778. The van der Waals surface area contributed by atoms with E-state index in [4.69, 9.17) is 0 Å². The average molecular weight is 124 g/mol. The van der Waals surface area contributed by atoms with Gasteiger partial charge in [-0.15, -0.1) is 6.58 Å². The number of allylic oxidation sites excluding steroid dienone is 1. The van der Waals surface area contributed by atoms with E-state index in [1.54, 1.807) is 0 Å². The largest absolute Gasteiger partial charge is 0.103 e. The molecule has 1 fully saturated rings. The van der Waals surface area contributed by atoms with E-state index >= 15 is 0 Å². The minimum absolute atomic E-state index is 0.599. The Morgan fingerprint density at radius 2 is 2.22 bits per heavy atom. The van der Waals surface area contributed by atoms with Crippen LogP contribution >= 0.6 is 0 Å². The molecule has 1 rings (SSSR count). The molecule has 0 aromatic rings. The molecule has 0 radical (unpaired) electrons. The number of hydrogen-bond donors (Lipinski definition) is 0. The third kappa shape index (κ3) is 0.910. The summed E-state index contributed by atoms with van der Waals surface area (Å²) in [5.74, 6) is 1.62. The van der Waals surface area contributed by atoms with Crippen molar-refractivity contribution in [3.05, 3.63) is 12.7 Å². The topological polar surface area (TPSA) is 0 Å². The summed E-state index contributed by atoms with van der Waals surface area (Å²) >= 11 is 0. The van der Waals surface area contributed by atoms with E-state index in [1.807, 2.05) is 0 Å². The summed E-state index contributed by atoms with van der Waals surface area (Å²) in [7, 11) is 0. The Morgan fingerprint density at radius 1 is 1.78 bits per heavy atom. The summed E-state index contributed by atoms with van der Waals surface area (Å²) in [5, 5.41) is 0. The van der Waals surface area contributed by atoms with Gasteiger partial charge in [0.25, 0.3) is 0 Å². The second-order valence-electron chi connectivity index (χ2n) is 3.64. The van der Waals surface area contributed by atoms with Gasteiger partial charge in [-0.05, 0) is 23.7 Å². The van der Waals surface area contributed by atoms with Gasteiger partial charge in [-0.25, -0.2) is 0 Å². The molecule has 1 aliphatic rings. The van der Waals surface area contributed by atoms with E-state index in [-0.39, 0.29) is 0 Å². The Morgan fingerprint density at radius 3 is 2.33 bits per heavy atom. The lowest BCUT2D eigenvalue weighted by Crippen LogP contribution is -2.06. The molecule has 0 aliphatic heterocycles. The van der Waals surface area contributed by atoms with Crippen LogP contribution in [-0.4, -0.2) is 0 Å². The third-order valence-corrected chi connectivity index (χ3v) is 3.11. The molecule has 0 heteroatoms. The second kappa shape index (κ2) is 1.86. The predicted molar refractivity (Wildman–Crippen MR) is 41.2 cm³/mol. The van der Waals surface area contributed by atoms with Gasteiger partial charge in [-0.1, -0.05) is 26.8 Å². The minimum atomic E-state index is 0.599. The molecule has 1 aliphatic carbocycles. The van der Waals surface area contributed by atoms with Crippen LogP contribution < -0.4 is 0 Å². The molecule has 0 aromatic heterocycles. The SMILES string of the molecule is C=CC(C)C1(C)CC1C. The first-order chi connectivity index (χ1) is 4.11. The number of hydrogen-bond acceptors (Lipinski definition) is 0. The molecule has 0 bridgehead atoms. The minimum Gasteiger partial charge on any atom is -0.103 e. The van der Waals surface area contributed by atoms with Crippen LogP contribution in [0, 0.1) is 17.3 Å². The van der Waals surface area contributed by atoms with Crippen molar-refractivity contribution in [1.82, 2.24) is 0 Å². The lowest BCUT2D eigenvalue weighted by molar-refractivity contribution is 0.404. The van der Waals surface area contributed by atoms with Gasteiger partial charge in [-0.3, -0.25) is 0 Å². The first-order valence-electron chi connectivity index (χ1n) is 3.74. The first kappa shape index (κ1) is 6.85. The number of rotatable bonds is 2. The van der Waals surface area contributed by atoms with Crippen molar-refractivity contribution in [2.45, 2.75) is 27.2 Å². The zero-order valence-electron chi connectivity index (χ0n) is 6.65. The molecule has 3 atom stereocenters. The third-order valence-electron chi connectivity index (χ3n) is 3.11. The van der Waals surface area contributed by atoms with Gasteiger partial charge < -0.3 is 0 Å². The molecule has 0 nitrogen and oxygen atoms in total. The summed E-state index contributed by atoms with van der Waals surface area (Å²) in [5.41, 5.74) is 0.599. The zero-order chi connectivity index (χ0) is 7.07. The smallest absolute Gasteiger partial charge is 0.0208 e. The van der Waals surface area contributed by atoms with Gasteiger partial charge >= 0.3 is 0 Å². The molecule has 0 spiro atoms. The molecule has 0 aromatic carbocycles. The molecule has 0 saturated heterocycles. The van der Waals surface area contributed by atoms with Crippen LogP contribution in [0.4, 0.5) is 0 Å². The van der Waals surface area contributed by atoms with E-state index < -0.39 is 0 Å². The van der Waals surface area contributed by atoms with E-state index in [9.17, 15) is 0 Å². The Hall–Kier alpha value is -0.260. The highest BCUT2D eigenvalue weighted by Gasteiger charge is 2.49. The molecule has 0 N–H and O–H groups in total. The first-order valence-corrected chi connectivity index (χ1v) is 3.74. The van der Waals surface area contributed by atoms with Gasteiger partial charge in [0.1, 0.15) is 0 Å². The van der Waals surface area contributed by atoms with E-state index in [1.165, 1.54) is 6.42 Å². The molecular formula is C9H16. The highest BCUT2D eigenvalue weighted by molar-refractivity contribution is 5.04. The van der Waals surface area contributed by atoms with Gasteiger partial charge in [0, 0.05) is 0 Å². The van der Waals surface area contributed by atoms with E-state index in [0.29, 0.717) is 11.3 Å². The molecule has 0 amide bonds. The lowest BCUT2D eigenvalue weighted by Gasteiger charge is -2.14. The fourth-order valence-electron chi connectivity index (χ4n) is 1.50. The zero-order valence-corrected chi connectivity index (χ0v) is 6.65. The van der Waals surface area contributed by atoms with Crippen LogP contribution in [0.2, 0.25) is 0 Å². The molecule has 3 unspecified atom stereocenters. The summed E-state index contributed by atoms with van der Waals surface area (Å²) in [6.07, 6.45) is 3.46. The van der Waals surface area contributed by atoms with Crippen molar-refractivity contribution >= 4 is 0 Å². The fourth-order valence-corrected chi connectivity index (χ4v) is 1.50. The van der Waals surface area contributed by atoms with Gasteiger partial charge in [0.05, 0.1) is 0 Å². The highest BCUT2D eigenvalue weighted by Crippen LogP contribution is 2.57. The maximum atomic E-state index is 3.80. The Balaban J connectivity index is 2.52. The summed E-state index contributed by atoms with van der Waals surface area (Å²) < 4.78 is 0. The standard InChI is InChI=1S/C9H16/c1-5-7(2)9(4)6-8(9)3/h5,7-8H,1,6H2,2-4H3. The average Bonchev–Trinajstić information content (AvgIpc) is 2.41. The Labute approximate surface area is 58.0 Å². The van der Waals surface area contributed by atoms with Crippen molar-refractivity contribution in [3.8, 4) is 0 Å². The molecule has 1 saturated carbocycles. The predicted octanol–water partition coefficient (Wildman–Crippen LogP) is 2.85. The van der Waals surface area contributed by atoms with Gasteiger partial charge in [0.2, 0.25) is 0 Å². The van der Waals surface area contributed by atoms with Crippen LogP contribution in [0.1, 0.15) is 27.2 Å². The normalized spacial score (nSPS) is 44.1. The van der Waals surface area contributed by atoms with Crippen molar-refractivity contribution in [2.75, 3.05) is 0 Å². The van der Waals surface area contributed by atoms with Crippen LogP contribution in [0.5, 0.6) is 0 Å². The van der Waals surface area contributed by atoms with Crippen molar-refractivity contribution in [2.24, 2.45) is 17.3 Å². The lowest BCUT2D eigenvalue weighted by atomic mass is 9.91. The van der Waals surface area contributed by atoms with Crippen molar-refractivity contribution < 1.29 is 0 Å². The van der Waals surface area contributed by atoms with E-state index in [2.05, 4.69) is 33.4 Å². The maximum Gasteiger partial charge on any atom is -0.0208 e. The van der Waals surface area contributed by atoms with Gasteiger partial charge in [0.15, 0.2) is 0 Å². The quantitative estimate of drug-likeness (QED) is 0.496. The van der Waals surface area contributed by atoms with Crippen LogP contribution in [0.3, 0.4) is 0 Å². The second-order valence-corrected chi connectivity index (χ2v) is 3.64. The van der Waals surface area contributed by atoms with E-state index in [0.717, 1.165) is 5.92 Å². The van der Waals surface area contributed by atoms with Gasteiger partial charge in [-0.2, -0.15) is 0 Å². The highest BCUT2D eigenvalue weighted by atomic mass is 14.5. The Bertz CT molecular complexity index is 126. The molecular weight excluding hydrogens is 108 g/mol. The van der Waals surface area contributed by atoms with Crippen LogP contribution in [0.15, 0.2) is 12.7 Å². The molecule has 9 heavy (non-hydrogen) atoms. The summed E-state index contributed by atoms with van der Waals surface area (Å²) in [6.45, 7) is 10.7. The Kier molecular flexibility index (Phi) is 1.42. The molecule has 52 valence electrons. The van der Waals surface area contributed by atoms with Crippen molar-refractivity contribution in [1.29, 1.82) is 0 Å². The van der Waals surface area contributed by atoms with Crippen LogP contribution in [-0.2, 0) is 0 Å². The summed E-state index contributed by atoms with van der Waals surface area (Å²) in [4.78, 5) is 0. The monoisotopic (exact) mass is 124 g/mol. The van der Waals surface area contributed by atoms with Crippen LogP contribution in [0.25, 0.3) is 0 Å². The van der Waals surface area contributed by atoms with Crippen molar-refractivity contribution in [3.63, 3.8) is 0 Å². The maximum absolute atomic E-state index is 3.80. The summed E-state index contributed by atoms with van der Waals surface area (Å²) in [6, 6.07) is 0. The molecule has 0 heterocycles.